The fourth-order valence-electron chi connectivity index (χ4n) is 5.33. The van der Waals surface area contributed by atoms with E-state index in [1.165, 1.54) is 24.8 Å². The van der Waals surface area contributed by atoms with Crippen molar-refractivity contribution in [1.82, 2.24) is 14.3 Å². The lowest BCUT2D eigenvalue weighted by Gasteiger charge is -2.35. The van der Waals surface area contributed by atoms with Gasteiger partial charge in [-0.05, 0) is 42.7 Å². The number of benzene rings is 1. The molecule has 1 aromatic heterocycles. The normalized spacial score (nSPS) is 24.5. The minimum absolute atomic E-state index is 0.00413. The maximum atomic E-state index is 13.2. The van der Waals surface area contributed by atoms with Crippen molar-refractivity contribution in [2.24, 2.45) is 23.8 Å². The molecule has 0 spiro atoms. The van der Waals surface area contributed by atoms with Crippen molar-refractivity contribution in [3.63, 3.8) is 0 Å². The zero-order valence-electron chi connectivity index (χ0n) is 18.3. The Morgan fingerprint density at radius 1 is 1.26 bits per heavy atom. The van der Waals surface area contributed by atoms with E-state index in [0.717, 1.165) is 11.1 Å². The first kappa shape index (κ1) is 21.6. The maximum Gasteiger partial charge on any atom is 0.353 e. The molecule has 0 amide bonds. The number of ketones is 1. The van der Waals surface area contributed by atoms with Crippen molar-refractivity contribution in [3.8, 4) is 17.4 Å². The predicted molar refractivity (Wildman–Crippen MR) is 113 cm³/mol. The molecule has 0 aliphatic heterocycles. The Kier molecular flexibility index (Phi) is 4.84. The Balaban J connectivity index is 1.76. The fraction of sp³-hybridized carbons (Fsp3) is 0.571. The molecule has 2 aliphatic rings. The molecule has 9 nitrogen and oxygen atoms in total. The summed E-state index contributed by atoms with van der Waals surface area (Å²) in [5.74, 6) is -0.199. The van der Waals surface area contributed by atoms with Gasteiger partial charge in [0.15, 0.2) is 5.75 Å². The Morgan fingerprint density at radius 3 is 2.55 bits per heavy atom. The molecular formula is C21H27N3O6S. The largest absolute Gasteiger partial charge is 0.467 e. The number of rotatable bonds is 6. The van der Waals surface area contributed by atoms with Crippen LogP contribution in [0.25, 0.3) is 5.69 Å². The van der Waals surface area contributed by atoms with E-state index in [-0.39, 0.29) is 34.9 Å². The highest BCUT2D eigenvalue weighted by atomic mass is 32.2. The van der Waals surface area contributed by atoms with E-state index >= 15 is 0 Å². The second-order valence-corrected chi connectivity index (χ2v) is 10.7. The third-order valence-electron chi connectivity index (χ3n) is 7.28. The average Bonchev–Trinajstić information content (AvgIpc) is 3.16. The van der Waals surface area contributed by atoms with Gasteiger partial charge in [0, 0.05) is 13.5 Å². The smallest absolute Gasteiger partial charge is 0.353 e. The molecular weight excluding hydrogens is 422 g/mol. The number of fused-ring (bicyclic) bond motifs is 2. The molecule has 0 N–H and O–H groups in total. The lowest BCUT2D eigenvalue weighted by Crippen LogP contribution is -2.43. The van der Waals surface area contributed by atoms with Crippen LogP contribution in [0.3, 0.4) is 0 Å². The van der Waals surface area contributed by atoms with E-state index in [1.807, 2.05) is 13.8 Å². The van der Waals surface area contributed by atoms with Gasteiger partial charge in [-0.25, -0.2) is 14.0 Å². The van der Waals surface area contributed by atoms with Gasteiger partial charge in [0.25, 0.3) is 0 Å². The number of carbonyl (C=O) groups excluding carboxylic acids is 1. The van der Waals surface area contributed by atoms with Gasteiger partial charge in [-0.15, -0.1) is 5.10 Å². The van der Waals surface area contributed by atoms with Gasteiger partial charge < -0.3 is 8.92 Å². The Labute approximate surface area is 181 Å². The molecule has 168 valence electrons. The summed E-state index contributed by atoms with van der Waals surface area (Å²) in [6.07, 6.45) is 1.80. The SMILES string of the molecule is COc1nn(C)c(=O)n1-c1c(C)cccc1OS(=O)(=O)CC12CCC(CC1=O)C2(C)C. The van der Waals surface area contributed by atoms with Gasteiger partial charge in [-0.1, -0.05) is 26.0 Å². The quantitative estimate of drug-likeness (QED) is 0.620. The van der Waals surface area contributed by atoms with Crippen LogP contribution in [0.4, 0.5) is 0 Å². The summed E-state index contributed by atoms with van der Waals surface area (Å²) >= 11 is 0. The van der Waals surface area contributed by atoms with E-state index in [9.17, 15) is 18.0 Å². The minimum Gasteiger partial charge on any atom is -0.467 e. The number of carbonyl (C=O) groups is 1. The maximum absolute atomic E-state index is 13.2. The van der Waals surface area contributed by atoms with E-state index < -0.39 is 26.6 Å². The lowest BCUT2D eigenvalue weighted by atomic mass is 9.70. The van der Waals surface area contributed by atoms with E-state index in [4.69, 9.17) is 8.92 Å². The van der Waals surface area contributed by atoms with Crippen LogP contribution >= 0.6 is 0 Å². The Morgan fingerprint density at radius 2 is 1.97 bits per heavy atom. The van der Waals surface area contributed by atoms with Crippen LogP contribution in [-0.4, -0.2) is 41.4 Å². The predicted octanol–water partition coefficient (Wildman–Crippen LogP) is 1.99. The van der Waals surface area contributed by atoms with Crippen LogP contribution in [0.5, 0.6) is 11.8 Å². The summed E-state index contributed by atoms with van der Waals surface area (Å²) < 4.78 is 39.4. The summed E-state index contributed by atoms with van der Waals surface area (Å²) in [6, 6.07) is 4.87. The number of hydrogen-bond donors (Lipinski definition) is 0. The summed E-state index contributed by atoms with van der Waals surface area (Å²) in [5.41, 5.74) is -1.00. The molecule has 0 radical (unpaired) electrons. The number of hydrogen-bond acceptors (Lipinski definition) is 7. The standard InChI is InChI=1S/C21H27N3O6S/c1-13-7-6-8-15(17(13)24-18(29-5)22-23(4)19(24)26)30-31(27,28)12-21-10-9-14(11-16(21)25)20(21,2)3/h6-8,14H,9-12H2,1-5H3. The number of nitrogens with zero attached hydrogens (tertiary/aromatic N) is 3. The van der Waals surface area contributed by atoms with E-state index in [1.54, 1.807) is 19.1 Å². The number of ether oxygens (including phenoxy) is 1. The number of methoxy groups -OCH3 is 1. The van der Waals surface area contributed by atoms with Crippen molar-refractivity contribution < 1.29 is 22.1 Å². The van der Waals surface area contributed by atoms with Crippen LogP contribution < -0.4 is 14.6 Å². The first-order valence-electron chi connectivity index (χ1n) is 10.2. The second-order valence-electron chi connectivity index (χ2n) is 9.10. The molecule has 2 fully saturated rings. The highest BCUT2D eigenvalue weighted by Crippen LogP contribution is 2.64. The molecule has 2 atom stereocenters. The van der Waals surface area contributed by atoms with Gasteiger partial charge in [0.1, 0.15) is 11.5 Å². The molecule has 31 heavy (non-hydrogen) atoms. The highest BCUT2D eigenvalue weighted by molar-refractivity contribution is 7.87. The Bertz CT molecular complexity index is 1230. The number of para-hydroxylation sites is 1. The van der Waals surface area contributed by atoms with Crippen LogP contribution in [0, 0.1) is 23.7 Å². The summed E-state index contributed by atoms with van der Waals surface area (Å²) in [4.78, 5) is 25.4. The molecule has 2 aromatic rings. The molecule has 1 heterocycles. The fourth-order valence-corrected chi connectivity index (χ4v) is 7.08. The van der Waals surface area contributed by atoms with Crippen molar-refractivity contribution in [2.45, 2.75) is 40.0 Å². The molecule has 2 unspecified atom stereocenters. The second kappa shape index (κ2) is 6.94. The topological polar surface area (TPSA) is 109 Å². The first-order valence-corrected chi connectivity index (χ1v) is 11.8. The van der Waals surface area contributed by atoms with Gasteiger partial charge in [0.05, 0.1) is 18.3 Å². The molecule has 4 rings (SSSR count). The highest BCUT2D eigenvalue weighted by Gasteiger charge is 2.65. The summed E-state index contributed by atoms with van der Waals surface area (Å²) in [7, 11) is -1.30. The monoisotopic (exact) mass is 449 g/mol. The Hall–Kier alpha value is -2.62. The summed E-state index contributed by atoms with van der Waals surface area (Å²) in [5, 5.41) is 4.02. The molecule has 10 heteroatoms. The molecule has 2 saturated carbocycles. The van der Waals surface area contributed by atoms with Crippen LogP contribution in [0.1, 0.15) is 38.7 Å². The number of aromatic nitrogens is 3. The third-order valence-corrected chi connectivity index (χ3v) is 8.56. The zero-order chi connectivity index (χ0) is 22.8. The molecule has 2 bridgehead atoms. The van der Waals surface area contributed by atoms with Crippen LogP contribution in [0.15, 0.2) is 23.0 Å². The third kappa shape index (κ3) is 3.10. The van der Waals surface area contributed by atoms with E-state index in [0.29, 0.717) is 18.4 Å². The van der Waals surface area contributed by atoms with Gasteiger partial charge in [-0.3, -0.25) is 4.79 Å². The van der Waals surface area contributed by atoms with Crippen molar-refractivity contribution in [1.29, 1.82) is 0 Å². The van der Waals surface area contributed by atoms with Crippen molar-refractivity contribution in [2.75, 3.05) is 12.9 Å². The number of Topliss-reactive ketones (excluding diaryl/α,β-unsaturated/α-hetero) is 1. The average molecular weight is 450 g/mol. The zero-order valence-corrected chi connectivity index (χ0v) is 19.2. The number of aryl methyl sites for hydroxylation is 2. The van der Waals surface area contributed by atoms with Crippen LogP contribution in [-0.2, 0) is 22.0 Å². The van der Waals surface area contributed by atoms with Gasteiger partial charge >= 0.3 is 21.8 Å². The van der Waals surface area contributed by atoms with Crippen molar-refractivity contribution >= 4 is 15.9 Å². The minimum atomic E-state index is -4.14. The summed E-state index contributed by atoms with van der Waals surface area (Å²) in [6.45, 7) is 5.68. The van der Waals surface area contributed by atoms with Crippen molar-refractivity contribution in [3.05, 3.63) is 34.2 Å². The van der Waals surface area contributed by atoms with Gasteiger partial charge in [-0.2, -0.15) is 8.42 Å². The lowest BCUT2D eigenvalue weighted by molar-refractivity contribution is -0.128. The molecule has 2 aliphatic carbocycles. The molecule has 0 saturated heterocycles. The van der Waals surface area contributed by atoms with Crippen LogP contribution in [0.2, 0.25) is 0 Å². The first-order chi connectivity index (χ1) is 14.4. The van der Waals surface area contributed by atoms with Gasteiger partial charge in [0.2, 0.25) is 0 Å². The van der Waals surface area contributed by atoms with E-state index in [2.05, 4.69) is 5.10 Å². The molecule has 1 aromatic carbocycles.